The molecule has 2 aromatic carbocycles. The Labute approximate surface area is 113 Å². The zero-order chi connectivity index (χ0) is 14.0. The largest absolute Gasteiger partial charge is 0.350 e. The number of amides is 1. The molecule has 0 aliphatic rings. The van der Waals surface area contributed by atoms with E-state index < -0.39 is 5.54 Å². The molecule has 0 spiro atoms. The van der Waals surface area contributed by atoms with Crippen LogP contribution in [0.25, 0.3) is 10.8 Å². The van der Waals surface area contributed by atoms with E-state index in [2.05, 4.69) is 42.6 Å². The Kier molecular flexibility index (Phi) is 3.58. The van der Waals surface area contributed by atoms with Gasteiger partial charge in [0.2, 0.25) is 5.91 Å². The van der Waals surface area contributed by atoms with Gasteiger partial charge >= 0.3 is 0 Å². The molecule has 3 heteroatoms. The van der Waals surface area contributed by atoms with Crippen molar-refractivity contribution >= 4 is 16.7 Å². The Balaban J connectivity index is 2.14. The molecule has 0 radical (unpaired) electrons. The van der Waals surface area contributed by atoms with E-state index in [-0.39, 0.29) is 5.91 Å². The van der Waals surface area contributed by atoms with Gasteiger partial charge in [-0.1, -0.05) is 35.9 Å². The monoisotopic (exact) mass is 256 g/mol. The average Bonchev–Trinajstić information content (AvgIpc) is 2.34. The second-order valence-electron chi connectivity index (χ2n) is 5.59. The molecule has 0 fully saturated rings. The predicted octanol–water partition coefficient (Wildman–Crippen LogP) is 2.50. The van der Waals surface area contributed by atoms with Crippen molar-refractivity contribution < 1.29 is 4.79 Å². The van der Waals surface area contributed by atoms with Gasteiger partial charge in [-0.25, -0.2) is 0 Å². The summed E-state index contributed by atoms with van der Waals surface area (Å²) in [5, 5.41) is 5.25. The van der Waals surface area contributed by atoms with Gasteiger partial charge in [0, 0.05) is 6.54 Å². The first kappa shape index (κ1) is 13.6. The molecule has 0 aliphatic heterocycles. The van der Waals surface area contributed by atoms with E-state index in [4.69, 9.17) is 5.73 Å². The number of rotatable bonds is 3. The number of carbonyl (C=O) groups excluding carboxylic acids is 1. The molecule has 0 unspecified atom stereocenters. The molecule has 0 saturated carbocycles. The Morgan fingerprint density at radius 1 is 1.16 bits per heavy atom. The summed E-state index contributed by atoms with van der Waals surface area (Å²) in [6, 6.07) is 12.6. The van der Waals surface area contributed by atoms with Crippen LogP contribution >= 0.6 is 0 Å². The van der Waals surface area contributed by atoms with Crippen molar-refractivity contribution in [2.75, 3.05) is 0 Å². The van der Waals surface area contributed by atoms with Crippen LogP contribution in [0.1, 0.15) is 25.0 Å². The minimum Gasteiger partial charge on any atom is -0.350 e. The normalized spacial score (nSPS) is 11.6. The Morgan fingerprint density at radius 3 is 2.47 bits per heavy atom. The SMILES string of the molecule is Cc1ccc2cc(CNC(=O)C(C)(C)N)ccc2c1. The van der Waals surface area contributed by atoms with E-state index in [1.807, 2.05) is 6.07 Å². The molecule has 0 heterocycles. The summed E-state index contributed by atoms with van der Waals surface area (Å²) < 4.78 is 0. The fraction of sp³-hybridized carbons (Fsp3) is 0.312. The van der Waals surface area contributed by atoms with Crippen LogP contribution in [0.4, 0.5) is 0 Å². The molecule has 1 amide bonds. The lowest BCUT2D eigenvalue weighted by Crippen LogP contribution is -2.48. The maximum Gasteiger partial charge on any atom is 0.239 e. The van der Waals surface area contributed by atoms with Crippen LogP contribution in [0.3, 0.4) is 0 Å². The van der Waals surface area contributed by atoms with Crippen molar-refractivity contribution in [1.29, 1.82) is 0 Å². The maximum absolute atomic E-state index is 11.7. The molecule has 3 nitrogen and oxygen atoms in total. The first-order valence-corrected chi connectivity index (χ1v) is 6.43. The van der Waals surface area contributed by atoms with Crippen LogP contribution in [0, 0.1) is 6.92 Å². The van der Waals surface area contributed by atoms with Gasteiger partial charge in [-0.05, 0) is 43.2 Å². The third kappa shape index (κ3) is 3.32. The van der Waals surface area contributed by atoms with Crippen molar-refractivity contribution in [1.82, 2.24) is 5.32 Å². The summed E-state index contributed by atoms with van der Waals surface area (Å²) in [4.78, 5) is 11.7. The van der Waals surface area contributed by atoms with Gasteiger partial charge in [0.25, 0.3) is 0 Å². The second kappa shape index (κ2) is 5.02. The lowest BCUT2D eigenvalue weighted by atomic mass is 10.0. The number of carbonyl (C=O) groups is 1. The number of hydrogen-bond donors (Lipinski definition) is 2. The third-order valence-corrected chi connectivity index (χ3v) is 3.10. The molecule has 0 aromatic heterocycles. The molecule has 0 saturated heterocycles. The van der Waals surface area contributed by atoms with Crippen molar-refractivity contribution in [2.45, 2.75) is 32.9 Å². The molecular weight excluding hydrogens is 236 g/mol. The van der Waals surface area contributed by atoms with Crippen molar-refractivity contribution in [3.63, 3.8) is 0 Å². The fourth-order valence-corrected chi connectivity index (χ4v) is 1.93. The Morgan fingerprint density at radius 2 is 1.79 bits per heavy atom. The number of nitrogens with two attached hydrogens (primary N) is 1. The minimum atomic E-state index is -0.839. The van der Waals surface area contributed by atoms with Gasteiger partial charge in [-0.15, -0.1) is 0 Å². The molecule has 0 bridgehead atoms. The summed E-state index contributed by atoms with van der Waals surface area (Å²) in [7, 11) is 0. The second-order valence-corrected chi connectivity index (χ2v) is 5.59. The first-order valence-electron chi connectivity index (χ1n) is 6.43. The van der Waals surface area contributed by atoms with E-state index in [1.54, 1.807) is 13.8 Å². The third-order valence-electron chi connectivity index (χ3n) is 3.10. The fourth-order valence-electron chi connectivity index (χ4n) is 1.93. The average molecular weight is 256 g/mol. The lowest BCUT2D eigenvalue weighted by molar-refractivity contribution is -0.125. The number of fused-ring (bicyclic) bond motifs is 1. The van der Waals surface area contributed by atoms with Crippen LogP contribution in [0.2, 0.25) is 0 Å². The van der Waals surface area contributed by atoms with Crippen molar-refractivity contribution in [3.05, 3.63) is 47.5 Å². The van der Waals surface area contributed by atoms with Gasteiger partial charge in [0.1, 0.15) is 0 Å². The lowest BCUT2D eigenvalue weighted by Gasteiger charge is -2.17. The van der Waals surface area contributed by atoms with E-state index in [1.165, 1.54) is 16.3 Å². The highest BCUT2D eigenvalue weighted by atomic mass is 16.2. The molecule has 19 heavy (non-hydrogen) atoms. The molecular formula is C16H20N2O. The van der Waals surface area contributed by atoms with Crippen LogP contribution in [-0.2, 0) is 11.3 Å². The molecule has 3 N–H and O–H groups in total. The zero-order valence-electron chi connectivity index (χ0n) is 11.7. The van der Waals surface area contributed by atoms with Gasteiger partial charge in [-0.2, -0.15) is 0 Å². The quantitative estimate of drug-likeness (QED) is 0.886. The summed E-state index contributed by atoms with van der Waals surface area (Å²) in [6.07, 6.45) is 0. The number of aryl methyl sites for hydroxylation is 1. The van der Waals surface area contributed by atoms with E-state index in [9.17, 15) is 4.79 Å². The van der Waals surface area contributed by atoms with Crippen molar-refractivity contribution in [2.24, 2.45) is 5.73 Å². The summed E-state index contributed by atoms with van der Waals surface area (Å²) in [5.74, 6) is -0.142. The summed E-state index contributed by atoms with van der Waals surface area (Å²) in [6.45, 7) is 5.98. The highest BCUT2D eigenvalue weighted by molar-refractivity contribution is 5.86. The summed E-state index contributed by atoms with van der Waals surface area (Å²) >= 11 is 0. The maximum atomic E-state index is 11.7. The molecule has 0 atom stereocenters. The van der Waals surface area contributed by atoms with Gasteiger partial charge < -0.3 is 11.1 Å². The smallest absolute Gasteiger partial charge is 0.239 e. The Hall–Kier alpha value is -1.87. The summed E-state index contributed by atoms with van der Waals surface area (Å²) in [5.41, 5.74) is 7.23. The number of benzene rings is 2. The van der Waals surface area contributed by atoms with Crippen LogP contribution in [0.5, 0.6) is 0 Å². The zero-order valence-corrected chi connectivity index (χ0v) is 11.7. The topological polar surface area (TPSA) is 55.1 Å². The minimum absolute atomic E-state index is 0.142. The highest BCUT2D eigenvalue weighted by Crippen LogP contribution is 2.17. The van der Waals surface area contributed by atoms with Gasteiger partial charge in [0.15, 0.2) is 0 Å². The van der Waals surface area contributed by atoms with Gasteiger partial charge in [-0.3, -0.25) is 4.79 Å². The van der Waals surface area contributed by atoms with Crippen LogP contribution < -0.4 is 11.1 Å². The van der Waals surface area contributed by atoms with E-state index in [0.29, 0.717) is 6.54 Å². The van der Waals surface area contributed by atoms with Crippen LogP contribution in [0.15, 0.2) is 36.4 Å². The Bertz CT molecular complexity index is 612. The van der Waals surface area contributed by atoms with Crippen molar-refractivity contribution in [3.8, 4) is 0 Å². The number of hydrogen-bond acceptors (Lipinski definition) is 2. The standard InChI is InChI=1S/C16H20N2O/c1-11-4-6-14-9-12(5-7-13(14)8-11)10-18-15(19)16(2,3)17/h4-9H,10,17H2,1-3H3,(H,18,19). The van der Waals surface area contributed by atoms with E-state index in [0.717, 1.165) is 5.56 Å². The predicted molar refractivity (Wildman–Crippen MR) is 78.8 cm³/mol. The highest BCUT2D eigenvalue weighted by Gasteiger charge is 2.20. The van der Waals surface area contributed by atoms with Crippen LogP contribution in [-0.4, -0.2) is 11.4 Å². The first-order chi connectivity index (χ1) is 8.86. The molecule has 100 valence electrons. The molecule has 2 rings (SSSR count). The van der Waals surface area contributed by atoms with E-state index >= 15 is 0 Å². The molecule has 2 aromatic rings. The number of nitrogens with one attached hydrogen (secondary N) is 1. The molecule has 0 aliphatic carbocycles. The van der Waals surface area contributed by atoms with Gasteiger partial charge in [0.05, 0.1) is 5.54 Å².